The van der Waals surface area contributed by atoms with E-state index in [4.69, 9.17) is 14.5 Å². The maximum atomic E-state index is 5.89. The number of oxazole rings is 1. The Morgan fingerprint density at radius 2 is 1.74 bits per heavy atom. The Morgan fingerprint density at radius 3 is 2.48 bits per heavy atom. The zero-order valence-electron chi connectivity index (χ0n) is 17.1. The van der Waals surface area contributed by atoms with Gasteiger partial charge in [0.25, 0.3) is 0 Å². The quantitative estimate of drug-likeness (QED) is 0.301. The van der Waals surface area contributed by atoms with E-state index in [-0.39, 0.29) is 0 Å². The summed E-state index contributed by atoms with van der Waals surface area (Å²) in [6, 6.07) is 24.3. The molecule has 0 saturated heterocycles. The lowest BCUT2D eigenvalue weighted by Gasteiger charge is -1.99. The SMILES string of the molecule is Cc1oc(-c2ccccc2)nc1CC=Cc1cn(-c2ccccc2)nc1-c1cccs1. The maximum Gasteiger partial charge on any atom is 0.226 e. The van der Waals surface area contributed by atoms with E-state index >= 15 is 0 Å². The molecule has 5 rings (SSSR count). The highest BCUT2D eigenvalue weighted by Gasteiger charge is 2.12. The van der Waals surface area contributed by atoms with Crippen LogP contribution >= 0.6 is 11.3 Å². The van der Waals surface area contributed by atoms with E-state index in [0.29, 0.717) is 12.3 Å². The van der Waals surface area contributed by atoms with E-state index in [2.05, 4.69) is 48.0 Å². The number of hydrogen-bond donors (Lipinski definition) is 0. The maximum absolute atomic E-state index is 5.89. The molecule has 5 heteroatoms. The minimum atomic E-state index is 0.665. The highest BCUT2D eigenvalue weighted by atomic mass is 32.1. The van der Waals surface area contributed by atoms with E-state index in [0.717, 1.165) is 38.8 Å². The first kappa shape index (κ1) is 19.3. The highest BCUT2D eigenvalue weighted by molar-refractivity contribution is 7.13. The Balaban J connectivity index is 1.42. The van der Waals surface area contributed by atoms with Crippen molar-refractivity contribution in [1.29, 1.82) is 0 Å². The Kier molecular flexibility index (Phi) is 5.33. The van der Waals surface area contributed by atoms with Crippen LogP contribution in [-0.4, -0.2) is 14.8 Å². The molecule has 0 spiro atoms. The van der Waals surface area contributed by atoms with E-state index in [1.165, 1.54) is 0 Å². The van der Waals surface area contributed by atoms with Crippen LogP contribution in [0.3, 0.4) is 0 Å². The van der Waals surface area contributed by atoms with Gasteiger partial charge in [-0.2, -0.15) is 5.10 Å². The van der Waals surface area contributed by atoms with Crippen LogP contribution in [0.2, 0.25) is 0 Å². The Morgan fingerprint density at radius 1 is 0.968 bits per heavy atom. The first-order valence-electron chi connectivity index (χ1n) is 10.1. The fourth-order valence-electron chi connectivity index (χ4n) is 3.45. The fraction of sp³-hybridized carbons (Fsp3) is 0.0769. The van der Waals surface area contributed by atoms with Crippen molar-refractivity contribution in [3.63, 3.8) is 0 Å². The predicted molar refractivity (Wildman–Crippen MR) is 126 cm³/mol. The molecule has 0 aliphatic carbocycles. The van der Waals surface area contributed by atoms with Gasteiger partial charge in [0.2, 0.25) is 5.89 Å². The van der Waals surface area contributed by atoms with Crippen molar-refractivity contribution in [1.82, 2.24) is 14.8 Å². The lowest BCUT2D eigenvalue weighted by Crippen LogP contribution is -1.93. The summed E-state index contributed by atoms with van der Waals surface area (Å²) in [6.07, 6.45) is 7.02. The second-order valence-corrected chi connectivity index (χ2v) is 8.13. The molecule has 152 valence electrons. The molecule has 0 unspecified atom stereocenters. The molecular formula is C26H21N3OS. The molecule has 4 nitrogen and oxygen atoms in total. The molecule has 2 aromatic carbocycles. The van der Waals surface area contributed by atoms with Crippen LogP contribution in [0.1, 0.15) is 17.0 Å². The van der Waals surface area contributed by atoms with Crippen LogP contribution in [0.25, 0.3) is 33.8 Å². The predicted octanol–water partition coefficient (Wildman–Crippen LogP) is 6.82. The van der Waals surface area contributed by atoms with E-state index in [1.807, 2.05) is 60.1 Å². The van der Waals surface area contributed by atoms with Crippen LogP contribution in [0.15, 0.2) is 94.9 Å². The summed E-state index contributed by atoms with van der Waals surface area (Å²) >= 11 is 1.69. The summed E-state index contributed by atoms with van der Waals surface area (Å²) < 4.78 is 7.82. The third kappa shape index (κ3) is 4.13. The number of benzene rings is 2. The average molecular weight is 424 g/mol. The van der Waals surface area contributed by atoms with Gasteiger partial charge in [0.15, 0.2) is 0 Å². The lowest BCUT2D eigenvalue weighted by atomic mass is 10.1. The van der Waals surface area contributed by atoms with Gasteiger partial charge in [-0.3, -0.25) is 0 Å². The second-order valence-electron chi connectivity index (χ2n) is 7.18. The van der Waals surface area contributed by atoms with E-state index < -0.39 is 0 Å². The van der Waals surface area contributed by atoms with Crippen molar-refractivity contribution in [2.45, 2.75) is 13.3 Å². The van der Waals surface area contributed by atoms with Gasteiger partial charge in [0.05, 0.1) is 16.3 Å². The number of allylic oxidation sites excluding steroid dienone is 1. The number of hydrogen-bond acceptors (Lipinski definition) is 4. The normalized spacial score (nSPS) is 11.4. The number of aromatic nitrogens is 3. The van der Waals surface area contributed by atoms with Gasteiger partial charge in [-0.25, -0.2) is 9.67 Å². The van der Waals surface area contributed by atoms with Crippen molar-refractivity contribution in [3.05, 3.63) is 107 Å². The standard InChI is InChI=1S/C26H21N3OS/c1-19-23(27-26(30-19)20-10-4-2-5-11-20)15-8-12-21-18-29(22-13-6-3-7-14-22)28-25(21)24-16-9-17-31-24/h2-14,16-18H,15H2,1H3. The van der Waals surface area contributed by atoms with Crippen LogP contribution in [-0.2, 0) is 6.42 Å². The molecule has 0 N–H and O–H groups in total. The Labute approximate surface area is 185 Å². The first-order valence-corrected chi connectivity index (χ1v) is 11.0. The zero-order chi connectivity index (χ0) is 21.0. The van der Waals surface area contributed by atoms with Crippen LogP contribution in [0.4, 0.5) is 0 Å². The first-order chi connectivity index (χ1) is 15.3. The largest absolute Gasteiger partial charge is 0.441 e. The molecule has 31 heavy (non-hydrogen) atoms. The van der Waals surface area contributed by atoms with Crippen LogP contribution < -0.4 is 0 Å². The number of nitrogens with zero attached hydrogens (tertiary/aromatic N) is 3. The summed E-state index contributed by atoms with van der Waals surface area (Å²) in [5, 5.41) is 6.93. The summed E-state index contributed by atoms with van der Waals surface area (Å²) in [5.41, 5.74) is 5.04. The average Bonchev–Trinajstić information content (AvgIpc) is 3.55. The molecule has 0 bridgehead atoms. The highest BCUT2D eigenvalue weighted by Crippen LogP contribution is 2.29. The van der Waals surface area contributed by atoms with Crippen molar-refractivity contribution < 1.29 is 4.42 Å². The van der Waals surface area contributed by atoms with Gasteiger partial charge in [-0.1, -0.05) is 54.6 Å². The van der Waals surface area contributed by atoms with Crippen molar-refractivity contribution in [2.24, 2.45) is 0 Å². The molecule has 0 amide bonds. The number of thiophene rings is 1. The van der Waals surface area contributed by atoms with Crippen molar-refractivity contribution >= 4 is 17.4 Å². The van der Waals surface area contributed by atoms with Gasteiger partial charge in [-0.15, -0.1) is 11.3 Å². The molecule has 0 aliphatic heterocycles. The molecule has 0 aliphatic rings. The topological polar surface area (TPSA) is 43.9 Å². The number of para-hydroxylation sites is 1. The summed E-state index contributed by atoms with van der Waals surface area (Å²) in [4.78, 5) is 5.85. The van der Waals surface area contributed by atoms with Crippen LogP contribution in [0.5, 0.6) is 0 Å². The van der Waals surface area contributed by atoms with Crippen molar-refractivity contribution in [3.8, 4) is 27.7 Å². The van der Waals surface area contributed by atoms with Crippen molar-refractivity contribution in [2.75, 3.05) is 0 Å². The Bertz CT molecular complexity index is 1300. The lowest BCUT2D eigenvalue weighted by molar-refractivity contribution is 0.540. The third-order valence-corrected chi connectivity index (χ3v) is 5.92. The Hall–Kier alpha value is -3.70. The van der Waals surface area contributed by atoms with Crippen LogP contribution in [0, 0.1) is 6.92 Å². The summed E-state index contributed by atoms with van der Waals surface area (Å²) in [7, 11) is 0. The van der Waals surface area contributed by atoms with E-state index in [1.54, 1.807) is 11.3 Å². The molecule has 5 aromatic rings. The minimum Gasteiger partial charge on any atom is -0.441 e. The molecule has 0 atom stereocenters. The number of rotatable bonds is 6. The molecule has 0 saturated carbocycles. The smallest absolute Gasteiger partial charge is 0.226 e. The fourth-order valence-corrected chi connectivity index (χ4v) is 4.18. The summed E-state index contributed by atoms with van der Waals surface area (Å²) in [6.45, 7) is 1.97. The summed E-state index contributed by atoms with van der Waals surface area (Å²) in [5.74, 6) is 1.51. The minimum absolute atomic E-state index is 0.665. The monoisotopic (exact) mass is 423 g/mol. The van der Waals surface area contributed by atoms with E-state index in [9.17, 15) is 0 Å². The molecule has 0 radical (unpaired) electrons. The van der Waals surface area contributed by atoms with Gasteiger partial charge in [0.1, 0.15) is 11.5 Å². The van der Waals surface area contributed by atoms with Gasteiger partial charge >= 0.3 is 0 Å². The van der Waals surface area contributed by atoms with Gasteiger partial charge in [0, 0.05) is 23.7 Å². The zero-order valence-corrected chi connectivity index (χ0v) is 17.9. The third-order valence-electron chi connectivity index (χ3n) is 5.04. The molecule has 3 aromatic heterocycles. The number of aryl methyl sites for hydroxylation is 1. The molecular weight excluding hydrogens is 402 g/mol. The molecule has 0 fully saturated rings. The van der Waals surface area contributed by atoms with Gasteiger partial charge < -0.3 is 4.42 Å². The second kappa shape index (κ2) is 8.58. The van der Waals surface area contributed by atoms with Gasteiger partial charge in [-0.05, 0) is 42.6 Å². The molecule has 3 heterocycles.